The molecule has 0 aliphatic carbocycles. The van der Waals surface area contributed by atoms with Crippen molar-refractivity contribution in [2.45, 2.75) is 5.25 Å². The number of furan rings is 2. The SMILES string of the molecule is N#CC1=c2/c(=C/c3ccco3)c(N)c(C#N)n2C(=O)[C@H](c2ccco2)S1. The van der Waals surface area contributed by atoms with Gasteiger partial charge in [-0.3, -0.25) is 9.36 Å². The summed E-state index contributed by atoms with van der Waals surface area (Å²) in [6, 6.07) is 10.8. The summed E-state index contributed by atoms with van der Waals surface area (Å²) in [5, 5.41) is 19.1. The number of hydrogen-bond donors (Lipinski definition) is 1. The van der Waals surface area contributed by atoms with Crippen LogP contribution in [0.25, 0.3) is 11.0 Å². The highest BCUT2D eigenvalue weighted by Gasteiger charge is 2.35. The summed E-state index contributed by atoms with van der Waals surface area (Å²) >= 11 is 1.08. The predicted molar refractivity (Wildman–Crippen MR) is 93.8 cm³/mol. The smallest absolute Gasteiger partial charge is 0.253 e. The van der Waals surface area contributed by atoms with Gasteiger partial charge in [-0.1, -0.05) is 11.8 Å². The maximum absolute atomic E-state index is 13.0. The Kier molecular flexibility index (Phi) is 3.68. The first-order valence-electron chi connectivity index (χ1n) is 7.50. The van der Waals surface area contributed by atoms with E-state index in [4.69, 9.17) is 14.6 Å². The van der Waals surface area contributed by atoms with Crippen molar-refractivity contribution < 1.29 is 13.6 Å². The molecule has 7 nitrogen and oxygen atoms in total. The standard InChI is InChI=1S/C18H10N4O3S/c19-8-12-15(21)11(7-10-3-1-5-24-10)16-14(9-20)26-17(18(23)22(12)16)13-4-2-6-25-13/h1-7,17H,21H2/b11-7+/t17-/m0/s1. The third kappa shape index (κ3) is 2.25. The number of nitrogens with two attached hydrogens (primary N) is 1. The number of nitrogen functional groups attached to an aromatic ring is 1. The van der Waals surface area contributed by atoms with Crippen molar-refractivity contribution in [1.82, 2.24) is 4.57 Å². The normalized spacial score (nSPS) is 17.0. The van der Waals surface area contributed by atoms with Crippen molar-refractivity contribution in [3.05, 3.63) is 64.6 Å². The van der Waals surface area contributed by atoms with Crippen LogP contribution >= 0.6 is 11.8 Å². The van der Waals surface area contributed by atoms with E-state index in [1.165, 1.54) is 17.1 Å². The van der Waals surface area contributed by atoms with Gasteiger partial charge in [-0.05, 0) is 30.3 Å². The zero-order chi connectivity index (χ0) is 18.3. The Morgan fingerprint density at radius 3 is 2.58 bits per heavy atom. The average molecular weight is 362 g/mol. The van der Waals surface area contributed by atoms with E-state index < -0.39 is 5.25 Å². The summed E-state index contributed by atoms with van der Waals surface area (Å²) in [4.78, 5) is 13.3. The van der Waals surface area contributed by atoms with Crippen LogP contribution in [0.1, 0.15) is 27.3 Å². The van der Waals surface area contributed by atoms with E-state index in [2.05, 4.69) is 6.07 Å². The first-order chi connectivity index (χ1) is 12.7. The Morgan fingerprint density at radius 2 is 1.96 bits per heavy atom. The Labute approximate surface area is 151 Å². The topological polar surface area (TPSA) is 122 Å². The molecule has 1 aliphatic rings. The Hall–Kier alpha value is -3.62. The fourth-order valence-corrected chi connectivity index (χ4v) is 3.92. The highest BCUT2D eigenvalue weighted by molar-refractivity contribution is 8.09. The second-order valence-electron chi connectivity index (χ2n) is 5.42. The summed E-state index contributed by atoms with van der Waals surface area (Å²) in [7, 11) is 0. The molecular weight excluding hydrogens is 352 g/mol. The third-order valence-corrected chi connectivity index (χ3v) is 5.17. The van der Waals surface area contributed by atoms with Gasteiger partial charge in [0.2, 0.25) is 0 Å². The highest BCUT2D eigenvalue weighted by atomic mass is 32.2. The van der Waals surface area contributed by atoms with E-state index in [0.29, 0.717) is 22.1 Å². The molecule has 3 aromatic rings. The van der Waals surface area contributed by atoms with Gasteiger partial charge < -0.3 is 14.6 Å². The van der Waals surface area contributed by atoms with Crippen LogP contribution in [0.2, 0.25) is 0 Å². The van der Waals surface area contributed by atoms with E-state index in [0.717, 1.165) is 11.8 Å². The van der Waals surface area contributed by atoms with E-state index in [1.807, 2.05) is 6.07 Å². The molecular formula is C18H10N4O3S. The van der Waals surface area contributed by atoms with Gasteiger partial charge in [0, 0.05) is 5.22 Å². The second-order valence-corrected chi connectivity index (χ2v) is 6.54. The Balaban J connectivity index is 2.08. The van der Waals surface area contributed by atoms with Crippen molar-refractivity contribution in [3.63, 3.8) is 0 Å². The first-order valence-corrected chi connectivity index (χ1v) is 8.38. The summed E-state index contributed by atoms with van der Waals surface area (Å²) in [6.07, 6.45) is 4.56. The zero-order valence-corrected chi connectivity index (χ0v) is 14.0. The van der Waals surface area contributed by atoms with E-state index in [-0.39, 0.29) is 22.2 Å². The number of hydrogen-bond acceptors (Lipinski definition) is 7. The van der Waals surface area contributed by atoms with E-state index in [1.54, 1.807) is 30.3 Å². The van der Waals surface area contributed by atoms with Crippen molar-refractivity contribution in [3.8, 4) is 12.1 Å². The summed E-state index contributed by atoms with van der Waals surface area (Å²) < 4.78 is 11.8. The molecule has 126 valence electrons. The van der Waals surface area contributed by atoms with Crippen LogP contribution in [0, 0.1) is 22.7 Å². The van der Waals surface area contributed by atoms with Gasteiger partial charge in [-0.15, -0.1) is 0 Å². The minimum atomic E-state index is -0.762. The molecule has 0 unspecified atom stereocenters. The largest absolute Gasteiger partial charge is 0.468 e. The van der Waals surface area contributed by atoms with Crippen LogP contribution in [-0.2, 0) is 0 Å². The molecule has 0 saturated carbocycles. The molecule has 2 N–H and O–H groups in total. The molecule has 1 aliphatic heterocycles. The minimum Gasteiger partial charge on any atom is -0.468 e. The maximum atomic E-state index is 13.0. The molecule has 3 aromatic heterocycles. The minimum absolute atomic E-state index is 0.00703. The van der Waals surface area contributed by atoms with Gasteiger partial charge in [0.1, 0.15) is 33.8 Å². The van der Waals surface area contributed by atoms with Gasteiger partial charge in [0.05, 0.1) is 23.6 Å². The van der Waals surface area contributed by atoms with Crippen LogP contribution < -0.4 is 16.3 Å². The van der Waals surface area contributed by atoms with Crippen molar-refractivity contribution in [1.29, 1.82) is 10.5 Å². The number of nitriles is 2. The lowest BCUT2D eigenvalue weighted by molar-refractivity contribution is 0.0898. The molecule has 4 heterocycles. The molecule has 0 spiro atoms. The monoisotopic (exact) mass is 362 g/mol. The predicted octanol–water partition coefficient (Wildman–Crippen LogP) is 1.72. The molecule has 8 heteroatoms. The molecule has 4 rings (SSSR count). The molecule has 1 atom stereocenters. The fraction of sp³-hybridized carbons (Fsp3) is 0.0556. The van der Waals surface area contributed by atoms with E-state index >= 15 is 0 Å². The Morgan fingerprint density at radius 1 is 1.19 bits per heavy atom. The number of thioether (sulfide) groups is 1. The van der Waals surface area contributed by atoms with Crippen molar-refractivity contribution >= 4 is 34.3 Å². The van der Waals surface area contributed by atoms with Crippen molar-refractivity contribution in [2.75, 3.05) is 5.73 Å². The number of anilines is 1. The average Bonchev–Trinajstić information content (AvgIpc) is 3.38. The Bertz CT molecular complexity index is 1210. The lowest BCUT2D eigenvalue weighted by Gasteiger charge is -2.18. The molecule has 0 aromatic carbocycles. The van der Waals surface area contributed by atoms with Crippen LogP contribution in [0.15, 0.2) is 45.6 Å². The van der Waals surface area contributed by atoms with Crippen molar-refractivity contribution in [2.24, 2.45) is 0 Å². The first kappa shape index (κ1) is 15.9. The molecule has 0 bridgehead atoms. The second kappa shape index (κ2) is 6.03. The molecule has 26 heavy (non-hydrogen) atoms. The summed E-state index contributed by atoms with van der Waals surface area (Å²) in [6.45, 7) is 0. The molecule has 0 radical (unpaired) electrons. The van der Waals surface area contributed by atoms with Gasteiger partial charge >= 0.3 is 0 Å². The number of rotatable bonds is 2. The zero-order valence-electron chi connectivity index (χ0n) is 13.2. The van der Waals surface area contributed by atoms with Crippen LogP contribution in [-0.4, -0.2) is 10.5 Å². The quantitative estimate of drug-likeness (QED) is 0.736. The molecule has 0 fully saturated rings. The number of fused-ring (bicyclic) bond motifs is 1. The van der Waals surface area contributed by atoms with Crippen LogP contribution in [0.5, 0.6) is 0 Å². The van der Waals surface area contributed by atoms with Gasteiger partial charge in [-0.25, -0.2) is 0 Å². The van der Waals surface area contributed by atoms with Gasteiger partial charge in [0.15, 0.2) is 5.69 Å². The molecule has 0 saturated heterocycles. The number of aromatic nitrogens is 1. The number of carbonyl (C=O) groups is 1. The van der Waals surface area contributed by atoms with Gasteiger partial charge in [-0.2, -0.15) is 10.5 Å². The summed E-state index contributed by atoms with van der Waals surface area (Å²) in [5.74, 6) is 0.518. The van der Waals surface area contributed by atoms with Crippen LogP contribution in [0.4, 0.5) is 5.69 Å². The highest BCUT2D eigenvalue weighted by Crippen LogP contribution is 2.38. The molecule has 0 amide bonds. The lowest BCUT2D eigenvalue weighted by atomic mass is 10.2. The maximum Gasteiger partial charge on any atom is 0.253 e. The number of nitrogens with zero attached hydrogens (tertiary/aromatic N) is 3. The van der Waals surface area contributed by atoms with Crippen LogP contribution in [0.3, 0.4) is 0 Å². The summed E-state index contributed by atoms with van der Waals surface area (Å²) in [5.41, 5.74) is 6.25. The third-order valence-electron chi connectivity index (χ3n) is 3.98. The lowest BCUT2D eigenvalue weighted by Crippen LogP contribution is -2.40. The van der Waals surface area contributed by atoms with E-state index in [9.17, 15) is 15.3 Å². The van der Waals surface area contributed by atoms with Gasteiger partial charge in [0.25, 0.3) is 5.91 Å². The number of carbonyl (C=O) groups excluding carboxylic acids is 1. The fourth-order valence-electron chi connectivity index (χ4n) is 2.86.